The zero-order valence-electron chi connectivity index (χ0n) is 11.4. The summed E-state index contributed by atoms with van der Waals surface area (Å²) < 4.78 is 34.8. The predicted octanol–water partition coefficient (Wildman–Crippen LogP) is 2.07. The van der Waals surface area contributed by atoms with Gasteiger partial charge in [-0.25, -0.2) is 0 Å². The Kier molecular flexibility index (Phi) is 2.60. The van der Waals surface area contributed by atoms with Crippen molar-refractivity contribution >= 4 is 10.1 Å². The number of benzene rings is 1. The number of hydrogen-bond donors (Lipinski definition) is 0. The van der Waals surface area contributed by atoms with E-state index in [1.165, 1.54) is 0 Å². The molecule has 3 saturated heterocycles. The number of ether oxygens (including phenoxy) is 1. The molecule has 3 aliphatic carbocycles. The Balaban J connectivity index is 1.76. The van der Waals surface area contributed by atoms with Gasteiger partial charge in [-0.2, -0.15) is 8.42 Å². The van der Waals surface area contributed by atoms with E-state index in [9.17, 15) is 8.42 Å². The molecule has 0 radical (unpaired) electrons. The minimum Gasteiger partial charge on any atom is -0.370 e. The Morgan fingerprint density at radius 1 is 1.30 bits per heavy atom. The maximum absolute atomic E-state index is 11.6. The fraction of sp³-hybridized carbons (Fsp3) is 0.600. The normalized spacial score (nSPS) is 42.2. The van der Waals surface area contributed by atoms with E-state index >= 15 is 0 Å². The van der Waals surface area contributed by atoms with Crippen molar-refractivity contribution < 1.29 is 17.3 Å². The van der Waals surface area contributed by atoms with Crippen molar-refractivity contribution in [3.63, 3.8) is 0 Å². The van der Waals surface area contributed by atoms with Gasteiger partial charge in [-0.3, -0.25) is 4.18 Å². The topological polar surface area (TPSA) is 52.6 Å². The van der Waals surface area contributed by atoms with Crippen molar-refractivity contribution in [1.82, 2.24) is 0 Å². The Bertz CT molecular complexity index is 613. The highest BCUT2D eigenvalue weighted by Gasteiger charge is 2.67. The molecule has 3 aliphatic heterocycles. The van der Waals surface area contributed by atoms with E-state index in [4.69, 9.17) is 8.92 Å². The molecule has 5 heteroatoms. The fourth-order valence-electron chi connectivity index (χ4n) is 4.39. The summed E-state index contributed by atoms with van der Waals surface area (Å²) in [6, 6.07) is 10.0. The van der Waals surface area contributed by atoms with Crippen LogP contribution in [0.4, 0.5) is 0 Å². The third kappa shape index (κ3) is 1.76. The van der Waals surface area contributed by atoms with Gasteiger partial charge in [0.1, 0.15) is 0 Å². The molecule has 5 atom stereocenters. The fourth-order valence-corrected chi connectivity index (χ4v) is 5.05. The maximum Gasteiger partial charge on any atom is 0.264 e. The highest BCUT2D eigenvalue weighted by atomic mass is 32.2. The standard InChI is InChI=1S/C15H18O4S/c1-20(16,17)19-14-11-7-8-15(9-12(11)18-15)13(14)10-5-3-2-4-6-10/h2-6,11-14H,7-9H2,1H3/t11-,12?,13+,14+,15-/m0/s1. The van der Waals surface area contributed by atoms with Crippen LogP contribution < -0.4 is 0 Å². The van der Waals surface area contributed by atoms with Crippen LogP contribution in [0.25, 0.3) is 0 Å². The molecule has 1 spiro atoms. The van der Waals surface area contributed by atoms with E-state index in [1.807, 2.05) is 18.2 Å². The van der Waals surface area contributed by atoms with E-state index in [2.05, 4.69) is 12.1 Å². The van der Waals surface area contributed by atoms with Gasteiger partial charge in [0.15, 0.2) is 0 Å². The van der Waals surface area contributed by atoms with Gasteiger partial charge >= 0.3 is 0 Å². The van der Waals surface area contributed by atoms with Crippen molar-refractivity contribution in [2.45, 2.75) is 43.0 Å². The van der Waals surface area contributed by atoms with Crippen LogP contribution in [-0.4, -0.2) is 32.5 Å². The van der Waals surface area contributed by atoms with Gasteiger partial charge in [-0.1, -0.05) is 30.3 Å². The second-order valence-corrected chi connectivity index (χ2v) is 7.88. The van der Waals surface area contributed by atoms with Gasteiger partial charge in [-0.05, 0) is 18.4 Å². The lowest BCUT2D eigenvalue weighted by Gasteiger charge is -2.67. The summed E-state index contributed by atoms with van der Waals surface area (Å²) in [6.45, 7) is 0. The van der Waals surface area contributed by atoms with Gasteiger partial charge in [0.05, 0.1) is 24.1 Å². The van der Waals surface area contributed by atoms with Gasteiger partial charge in [0.2, 0.25) is 0 Å². The van der Waals surface area contributed by atoms with Crippen molar-refractivity contribution in [1.29, 1.82) is 0 Å². The number of rotatable bonds is 3. The Morgan fingerprint density at radius 3 is 2.55 bits per heavy atom. The lowest BCUT2D eigenvalue weighted by atomic mass is 9.53. The molecular formula is C15H18O4S. The average molecular weight is 294 g/mol. The van der Waals surface area contributed by atoms with Gasteiger partial charge in [0, 0.05) is 18.3 Å². The molecule has 1 aromatic carbocycles. The van der Waals surface area contributed by atoms with Crippen LogP contribution in [-0.2, 0) is 19.0 Å². The molecular weight excluding hydrogens is 276 g/mol. The van der Waals surface area contributed by atoms with Crippen molar-refractivity contribution in [2.75, 3.05) is 6.26 Å². The summed E-state index contributed by atoms with van der Waals surface area (Å²) in [7, 11) is -3.45. The van der Waals surface area contributed by atoms with Gasteiger partial charge in [-0.15, -0.1) is 0 Å². The van der Waals surface area contributed by atoms with E-state index in [0.717, 1.165) is 31.1 Å². The molecule has 4 nitrogen and oxygen atoms in total. The summed E-state index contributed by atoms with van der Waals surface area (Å²) in [5, 5.41) is 0. The highest BCUT2D eigenvalue weighted by molar-refractivity contribution is 7.86. The molecule has 3 bridgehead atoms. The summed E-state index contributed by atoms with van der Waals surface area (Å²) in [5.74, 6) is 0.229. The molecule has 20 heavy (non-hydrogen) atoms. The third-order valence-corrected chi connectivity index (χ3v) is 5.64. The van der Waals surface area contributed by atoms with Crippen LogP contribution in [0.5, 0.6) is 0 Å². The molecule has 3 saturated carbocycles. The zero-order valence-corrected chi connectivity index (χ0v) is 12.2. The maximum atomic E-state index is 11.6. The van der Waals surface area contributed by atoms with Gasteiger partial charge < -0.3 is 4.74 Å². The first kappa shape index (κ1) is 12.8. The summed E-state index contributed by atoms with van der Waals surface area (Å²) in [6.07, 6.45) is 4.12. The molecule has 7 rings (SSSR count). The van der Waals surface area contributed by atoms with E-state index in [1.54, 1.807) is 0 Å². The molecule has 0 N–H and O–H groups in total. The minimum absolute atomic E-state index is 0.0298. The number of hydrogen-bond acceptors (Lipinski definition) is 4. The van der Waals surface area contributed by atoms with Gasteiger partial charge in [0.25, 0.3) is 10.1 Å². The lowest BCUT2D eigenvalue weighted by molar-refractivity contribution is -0.328. The zero-order chi connectivity index (χ0) is 14.0. The predicted molar refractivity (Wildman–Crippen MR) is 73.8 cm³/mol. The first-order valence-electron chi connectivity index (χ1n) is 7.10. The van der Waals surface area contributed by atoms with E-state index in [-0.39, 0.29) is 29.6 Å². The molecule has 0 amide bonds. The quantitative estimate of drug-likeness (QED) is 0.801. The van der Waals surface area contributed by atoms with E-state index < -0.39 is 10.1 Å². The summed E-state index contributed by atoms with van der Waals surface area (Å²) >= 11 is 0. The molecule has 0 aromatic heterocycles. The largest absolute Gasteiger partial charge is 0.370 e. The smallest absolute Gasteiger partial charge is 0.264 e. The van der Waals surface area contributed by atoms with E-state index in [0.29, 0.717) is 0 Å². The van der Waals surface area contributed by atoms with Crippen LogP contribution in [0.1, 0.15) is 30.7 Å². The van der Waals surface area contributed by atoms with Crippen LogP contribution >= 0.6 is 0 Å². The second kappa shape index (κ2) is 4.06. The Labute approximate surface area is 119 Å². The Hall–Kier alpha value is -0.910. The first-order chi connectivity index (χ1) is 9.49. The first-order valence-corrected chi connectivity index (χ1v) is 8.91. The average Bonchev–Trinajstić information content (AvgIpc) is 2.37. The Morgan fingerprint density at radius 2 is 2.00 bits per heavy atom. The summed E-state index contributed by atoms with van der Waals surface area (Å²) in [5.41, 5.74) is 0.930. The molecule has 3 heterocycles. The van der Waals surface area contributed by atoms with Crippen LogP contribution in [0.3, 0.4) is 0 Å². The molecule has 6 aliphatic rings. The molecule has 108 valence electrons. The monoisotopic (exact) mass is 294 g/mol. The minimum atomic E-state index is -3.45. The highest BCUT2D eigenvalue weighted by Crippen LogP contribution is 2.63. The second-order valence-electron chi connectivity index (χ2n) is 6.28. The van der Waals surface area contributed by atoms with Crippen molar-refractivity contribution in [3.05, 3.63) is 35.9 Å². The molecule has 1 unspecified atom stereocenters. The third-order valence-electron chi connectivity index (χ3n) is 5.07. The lowest BCUT2D eigenvalue weighted by Crippen LogP contribution is -2.71. The van der Waals surface area contributed by atoms with Crippen LogP contribution in [0.15, 0.2) is 30.3 Å². The van der Waals surface area contributed by atoms with Crippen LogP contribution in [0, 0.1) is 5.92 Å². The summed E-state index contributed by atoms with van der Waals surface area (Å²) in [4.78, 5) is 0. The van der Waals surface area contributed by atoms with Crippen molar-refractivity contribution in [3.8, 4) is 0 Å². The molecule has 6 fully saturated rings. The molecule has 1 aromatic rings. The SMILES string of the molecule is CS(=O)(=O)O[C@H]1[C@@H](c2ccccc2)[C@]23CC[C@H]1C(C2)O3. The van der Waals surface area contributed by atoms with Crippen molar-refractivity contribution in [2.24, 2.45) is 5.92 Å². The van der Waals surface area contributed by atoms with Crippen LogP contribution in [0.2, 0.25) is 0 Å².